The minimum Gasteiger partial charge on any atom is -0.494 e. The monoisotopic (exact) mass is 386 g/mol. The predicted molar refractivity (Wildman–Crippen MR) is 106 cm³/mol. The maximum absolute atomic E-state index is 12.6. The lowest BCUT2D eigenvalue weighted by Crippen LogP contribution is -2.40. The van der Waals surface area contributed by atoms with Crippen LogP contribution in [0.25, 0.3) is 10.9 Å². The third-order valence-electron chi connectivity index (χ3n) is 4.90. The fourth-order valence-corrected chi connectivity index (χ4v) is 3.68. The van der Waals surface area contributed by atoms with E-state index in [-0.39, 0.29) is 18.5 Å². The van der Waals surface area contributed by atoms with Crippen LogP contribution in [0.5, 0.6) is 5.75 Å². The molecule has 1 atom stereocenters. The SMILES string of the molecule is CCOC(=O)c1cnc2c(OC)cccc2c1N1CCCC(C(=O)OCC)C1. The summed E-state index contributed by atoms with van der Waals surface area (Å²) in [7, 11) is 1.59. The molecule has 0 radical (unpaired) electrons. The van der Waals surface area contributed by atoms with Crippen molar-refractivity contribution in [1.29, 1.82) is 0 Å². The Bertz CT molecular complexity index is 867. The number of piperidine rings is 1. The summed E-state index contributed by atoms with van der Waals surface area (Å²) in [5.74, 6) is -0.209. The molecule has 0 N–H and O–H groups in total. The summed E-state index contributed by atoms with van der Waals surface area (Å²) in [6.07, 6.45) is 3.14. The lowest BCUT2D eigenvalue weighted by Gasteiger charge is -2.34. The molecular weight excluding hydrogens is 360 g/mol. The highest BCUT2D eigenvalue weighted by atomic mass is 16.5. The van der Waals surface area contributed by atoms with Crippen LogP contribution in [0, 0.1) is 5.92 Å². The number of aromatic nitrogens is 1. The molecule has 150 valence electrons. The van der Waals surface area contributed by atoms with E-state index in [0.29, 0.717) is 30.0 Å². The number of esters is 2. The van der Waals surface area contributed by atoms with Crippen molar-refractivity contribution in [3.8, 4) is 5.75 Å². The van der Waals surface area contributed by atoms with E-state index in [1.54, 1.807) is 21.0 Å². The Labute approximate surface area is 164 Å². The van der Waals surface area contributed by atoms with Crippen LogP contribution in [0.1, 0.15) is 37.0 Å². The van der Waals surface area contributed by atoms with Crippen LogP contribution in [0.3, 0.4) is 0 Å². The van der Waals surface area contributed by atoms with Crippen molar-refractivity contribution < 1.29 is 23.8 Å². The minimum atomic E-state index is -0.423. The molecule has 0 amide bonds. The summed E-state index contributed by atoms with van der Waals surface area (Å²) in [4.78, 5) is 31.4. The molecule has 1 aliphatic rings. The minimum absolute atomic E-state index is 0.194. The van der Waals surface area contributed by atoms with Crippen LogP contribution in [0.4, 0.5) is 5.69 Å². The van der Waals surface area contributed by atoms with Gasteiger partial charge in [-0.1, -0.05) is 12.1 Å². The Morgan fingerprint density at radius 1 is 1.21 bits per heavy atom. The second-order valence-corrected chi connectivity index (χ2v) is 6.63. The van der Waals surface area contributed by atoms with Gasteiger partial charge in [-0.2, -0.15) is 0 Å². The maximum Gasteiger partial charge on any atom is 0.341 e. The molecule has 1 fully saturated rings. The number of fused-ring (bicyclic) bond motifs is 1. The van der Waals surface area contributed by atoms with Gasteiger partial charge in [0.15, 0.2) is 0 Å². The highest BCUT2D eigenvalue weighted by Crippen LogP contribution is 2.36. The smallest absolute Gasteiger partial charge is 0.341 e. The van der Waals surface area contributed by atoms with Gasteiger partial charge < -0.3 is 19.1 Å². The van der Waals surface area contributed by atoms with Crippen LogP contribution in [0.2, 0.25) is 0 Å². The molecule has 2 aromatic rings. The van der Waals surface area contributed by atoms with Gasteiger partial charge in [-0.15, -0.1) is 0 Å². The zero-order valence-electron chi connectivity index (χ0n) is 16.6. The first-order valence-electron chi connectivity index (χ1n) is 9.65. The fourth-order valence-electron chi connectivity index (χ4n) is 3.68. The molecule has 28 heavy (non-hydrogen) atoms. The summed E-state index contributed by atoms with van der Waals surface area (Å²) < 4.78 is 15.9. The lowest BCUT2D eigenvalue weighted by molar-refractivity contribution is -0.148. The highest BCUT2D eigenvalue weighted by Gasteiger charge is 2.30. The molecule has 7 heteroatoms. The molecule has 1 aliphatic heterocycles. The average Bonchev–Trinajstić information content (AvgIpc) is 2.72. The molecule has 0 bridgehead atoms. The number of hydrogen-bond donors (Lipinski definition) is 0. The van der Waals surface area contributed by atoms with Crippen molar-refractivity contribution in [3.63, 3.8) is 0 Å². The third kappa shape index (κ3) is 3.88. The van der Waals surface area contributed by atoms with Crippen LogP contribution in [0.15, 0.2) is 24.4 Å². The molecule has 0 aliphatic carbocycles. The van der Waals surface area contributed by atoms with Gasteiger partial charge in [0, 0.05) is 24.7 Å². The van der Waals surface area contributed by atoms with Crippen molar-refractivity contribution in [2.45, 2.75) is 26.7 Å². The van der Waals surface area contributed by atoms with Gasteiger partial charge in [0.1, 0.15) is 16.8 Å². The molecule has 3 rings (SSSR count). The number of carbonyl (C=O) groups is 2. The van der Waals surface area contributed by atoms with E-state index in [1.165, 1.54) is 6.20 Å². The van der Waals surface area contributed by atoms with Gasteiger partial charge in [-0.25, -0.2) is 4.79 Å². The molecule has 2 heterocycles. The number of para-hydroxylation sites is 1. The van der Waals surface area contributed by atoms with E-state index in [2.05, 4.69) is 9.88 Å². The van der Waals surface area contributed by atoms with E-state index in [4.69, 9.17) is 14.2 Å². The first kappa shape index (κ1) is 19.9. The number of anilines is 1. The Morgan fingerprint density at radius 3 is 2.71 bits per heavy atom. The molecule has 1 saturated heterocycles. The van der Waals surface area contributed by atoms with E-state index in [0.717, 1.165) is 30.5 Å². The zero-order valence-corrected chi connectivity index (χ0v) is 16.6. The Kier molecular flexibility index (Phi) is 6.34. The first-order chi connectivity index (χ1) is 13.6. The summed E-state index contributed by atoms with van der Waals surface area (Å²) in [6, 6.07) is 5.62. The molecule has 1 aromatic heterocycles. The number of pyridine rings is 1. The van der Waals surface area contributed by atoms with Crippen LogP contribution in [-0.2, 0) is 14.3 Å². The van der Waals surface area contributed by atoms with Gasteiger partial charge in [-0.05, 0) is 32.8 Å². The van der Waals surface area contributed by atoms with Gasteiger partial charge in [0.2, 0.25) is 0 Å². The summed E-state index contributed by atoms with van der Waals surface area (Å²) in [5, 5.41) is 0.800. The summed E-state index contributed by atoms with van der Waals surface area (Å²) in [5.41, 5.74) is 1.80. The molecule has 7 nitrogen and oxygen atoms in total. The lowest BCUT2D eigenvalue weighted by atomic mass is 9.96. The normalized spacial score (nSPS) is 16.7. The second-order valence-electron chi connectivity index (χ2n) is 6.63. The first-order valence-corrected chi connectivity index (χ1v) is 9.65. The number of ether oxygens (including phenoxy) is 3. The quantitative estimate of drug-likeness (QED) is 0.706. The maximum atomic E-state index is 12.6. The molecule has 0 spiro atoms. The van der Waals surface area contributed by atoms with E-state index in [1.807, 2.05) is 18.2 Å². The molecular formula is C21H26N2O5. The topological polar surface area (TPSA) is 78.0 Å². The summed E-state index contributed by atoms with van der Waals surface area (Å²) >= 11 is 0. The number of methoxy groups -OCH3 is 1. The fraction of sp³-hybridized carbons (Fsp3) is 0.476. The molecule has 0 saturated carbocycles. The Balaban J connectivity index is 2.09. The van der Waals surface area contributed by atoms with Gasteiger partial charge in [0.05, 0.1) is 31.9 Å². The number of benzene rings is 1. The predicted octanol–water partition coefficient (Wildman–Crippen LogP) is 3.20. The van der Waals surface area contributed by atoms with Gasteiger partial charge >= 0.3 is 11.9 Å². The van der Waals surface area contributed by atoms with Crippen molar-refractivity contribution in [2.24, 2.45) is 5.92 Å². The van der Waals surface area contributed by atoms with Crippen LogP contribution >= 0.6 is 0 Å². The standard InChI is InChI=1S/C21H26N2O5/c1-4-27-20(24)14-8-7-11-23(13-14)19-15-9-6-10-17(26-3)18(15)22-12-16(19)21(25)28-5-2/h6,9-10,12,14H,4-5,7-8,11,13H2,1-3H3. The summed E-state index contributed by atoms with van der Waals surface area (Å²) in [6.45, 7) is 5.44. The number of nitrogens with zero attached hydrogens (tertiary/aromatic N) is 2. The molecule has 1 aromatic carbocycles. The highest BCUT2D eigenvalue weighted by molar-refractivity contribution is 6.06. The van der Waals surface area contributed by atoms with Gasteiger partial charge in [-0.3, -0.25) is 9.78 Å². The zero-order chi connectivity index (χ0) is 20.1. The van der Waals surface area contributed by atoms with Crippen LogP contribution in [-0.4, -0.2) is 50.3 Å². The van der Waals surface area contributed by atoms with E-state index in [9.17, 15) is 9.59 Å². The number of hydrogen-bond acceptors (Lipinski definition) is 7. The van der Waals surface area contributed by atoms with E-state index >= 15 is 0 Å². The van der Waals surface area contributed by atoms with Gasteiger partial charge in [0.25, 0.3) is 0 Å². The van der Waals surface area contributed by atoms with Crippen molar-refractivity contribution in [3.05, 3.63) is 30.0 Å². The average molecular weight is 386 g/mol. The second kappa shape index (κ2) is 8.91. The largest absolute Gasteiger partial charge is 0.494 e. The Hall–Kier alpha value is -2.83. The number of carbonyl (C=O) groups excluding carboxylic acids is 2. The van der Waals surface area contributed by atoms with Crippen molar-refractivity contribution in [2.75, 3.05) is 38.3 Å². The Morgan fingerprint density at radius 2 is 2.00 bits per heavy atom. The van der Waals surface area contributed by atoms with Crippen molar-refractivity contribution >= 4 is 28.5 Å². The van der Waals surface area contributed by atoms with Crippen molar-refractivity contribution in [1.82, 2.24) is 4.98 Å². The number of rotatable bonds is 6. The van der Waals surface area contributed by atoms with Crippen LogP contribution < -0.4 is 9.64 Å². The third-order valence-corrected chi connectivity index (χ3v) is 4.90. The molecule has 1 unspecified atom stereocenters. The van der Waals surface area contributed by atoms with E-state index < -0.39 is 5.97 Å².